The zero-order valence-corrected chi connectivity index (χ0v) is 14.5. The molecule has 4 rings (SSSR count). The standard InChI is InChI=1S/C20H22N4O/c1-12-9-16(7-8-21-12)20-22-11-19-18(24-20)10-17(23-19)15-5-3-14(4-6-15)13(2)25/h3-6,10-12,16,21,23H,7-9H2,1-2H3. The van der Waals surface area contributed by atoms with Crippen LogP contribution in [0.15, 0.2) is 36.5 Å². The maximum Gasteiger partial charge on any atom is 0.159 e. The molecule has 0 spiro atoms. The average molecular weight is 334 g/mol. The van der Waals surface area contributed by atoms with Crippen LogP contribution in [0.5, 0.6) is 0 Å². The predicted octanol–water partition coefficient (Wildman–Crippen LogP) is 3.68. The highest BCUT2D eigenvalue weighted by atomic mass is 16.1. The molecule has 2 aromatic heterocycles. The van der Waals surface area contributed by atoms with Crippen LogP contribution in [0.25, 0.3) is 22.3 Å². The molecule has 0 aliphatic carbocycles. The van der Waals surface area contributed by atoms with Crippen LogP contribution >= 0.6 is 0 Å². The zero-order valence-electron chi connectivity index (χ0n) is 14.5. The number of piperidine rings is 1. The SMILES string of the molecule is CC(=O)c1ccc(-c2cc3nc(C4CCNC(C)C4)ncc3[nH]2)cc1. The van der Waals surface area contributed by atoms with Gasteiger partial charge in [0.1, 0.15) is 5.82 Å². The Morgan fingerprint density at radius 1 is 1.24 bits per heavy atom. The summed E-state index contributed by atoms with van der Waals surface area (Å²) < 4.78 is 0. The van der Waals surface area contributed by atoms with Crippen LogP contribution in [0.1, 0.15) is 48.8 Å². The van der Waals surface area contributed by atoms with E-state index in [-0.39, 0.29) is 5.78 Å². The molecule has 0 saturated carbocycles. The van der Waals surface area contributed by atoms with E-state index in [9.17, 15) is 4.79 Å². The number of aromatic amines is 1. The number of carbonyl (C=O) groups excluding carboxylic acids is 1. The van der Waals surface area contributed by atoms with Gasteiger partial charge in [0.25, 0.3) is 0 Å². The summed E-state index contributed by atoms with van der Waals surface area (Å²) in [6.07, 6.45) is 4.05. The Morgan fingerprint density at radius 3 is 2.76 bits per heavy atom. The van der Waals surface area contributed by atoms with Gasteiger partial charge in [0, 0.05) is 23.2 Å². The first-order valence-corrected chi connectivity index (χ1v) is 8.80. The van der Waals surface area contributed by atoms with Gasteiger partial charge in [-0.1, -0.05) is 24.3 Å². The highest BCUT2D eigenvalue weighted by molar-refractivity contribution is 5.94. The molecule has 2 N–H and O–H groups in total. The van der Waals surface area contributed by atoms with Crippen molar-refractivity contribution in [2.24, 2.45) is 0 Å². The van der Waals surface area contributed by atoms with Crippen molar-refractivity contribution >= 4 is 16.8 Å². The number of nitrogens with one attached hydrogen (secondary N) is 2. The van der Waals surface area contributed by atoms with Crippen LogP contribution in [0.3, 0.4) is 0 Å². The van der Waals surface area contributed by atoms with Gasteiger partial charge in [-0.3, -0.25) is 4.79 Å². The zero-order chi connectivity index (χ0) is 17.4. The van der Waals surface area contributed by atoms with Gasteiger partial charge in [0.2, 0.25) is 0 Å². The van der Waals surface area contributed by atoms with Gasteiger partial charge in [-0.25, -0.2) is 9.97 Å². The molecule has 1 saturated heterocycles. The molecule has 5 heteroatoms. The van der Waals surface area contributed by atoms with Crippen LogP contribution < -0.4 is 5.32 Å². The molecule has 1 aliphatic heterocycles. The number of aromatic nitrogens is 3. The number of benzene rings is 1. The molecule has 2 atom stereocenters. The van der Waals surface area contributed by atoms with Gasteiger partial charge >= 0.3 is 0 Å². The normalized spacial score (nSPS) is 20.7. The quantitative estimate of drug-likeness (QED) is 0.717. The maximum atomic E-state index is 11.4. The lowest BCUT2D eigenvalue weighted by Gasteiger charge is -2.26. The lowest BCUT2D eigenvalue weighted by molar-refractivity contribution is 0.101. The summed E-state index contributed by atoms with van der Waals surface area (Å²) in [5.41, 5.74) is 4.65. The van der Waals surface area contributed by atoms with Crippen molar-refractivity contribution in [1.82, 2.24) is 20.3 Å². The highest BCUT2D eigenvalue weighted by Gasteiger charge is 2.22. The summed E-state index contributed by atoms with van der Waals surface area (Å²) in [5, 5.41) is 3.47. The molecule has 1 aromatic carbocycles. The summed E-state index contributed by atoms with van der Waals surface area (Å²) in [5.74, 6) is 1.45. The van der Waals surface area contributed by atoms with E-state index < -0.39 is 0 Å². The fourth-order valence-electron chi connectivity index (χ4n) is 3.54. The van der Waals surface area contributed by atoms with Gasteiger partial charge in [-0.15, -0.1) is 0 Å². The number of fused-ring (bicyclic) bond motifs is 1. The number of hydrogen-bond donors (Lipinski definition) is 2. The third kappa shape index (κ3) is 3.20. The Hall–Kier alpha value is -2.53. The van der Waals surface area contributed by atoms with Crippen LogP contribution in [0.4, 0.5) is 0 Å². The molecule has 3 heterocycles. The molecule has 5 nitrogen and oxygen atoms in total. The van der Waals surface area contributed by atoms with Crippen molar-refractivity contribution in [3.8, 4) is 11.3 Å². The molecule has 2 unspecified atom stereocenters. The van der Waals surface area contributed by atoms with E-state index in [2.05, 4.69) is 28.3 Å². The summed E-state index contributed by atoms with van der Waals surface area (Å²) >= 11 is 0. The minimum absolute atomic E-state index is 0.0786. The van der Waals surface area contributed by atoms with E-state index in [1.807, 2.05) is 30.5 Å². The van der Waals surface area contributed by atoms with Crippen molar-refractivity contribution in [3.63, 3.8) is 0 Å². The fourth-order valence-corrected chi connectivity index (χ4v) is 3.54. The van der Waals surface area contributed by atoms with Crippen molar-refractivity contribution in [1.29, 1.82) is 0 Å². The molecular weight excluding hydrogens is 312 g/mol. The Morgan fingerprint density at radius 2 is 2.04 bits per heavy atom. The largest absolute Gasteiger partial charge is 0.352 e. The third-order valence-electron chi connectivity index (χ3n) is 4.98. The van der Waals surface area contributed by atoms with Crippen molar-refractivity contribution in [2.75, 3.05) is 6.54 Å². The number of nitrogens with zero attached hydrogens (tertiary/aromatic N) is 2. The van der Waals surface area contributed by atoms with E-state index in [1.165, 1.54) is 0 Å². The first kappa shape index (κ1) is 16.0. The Labute approximate surface area is 146 Å². The second kappa shape index (κ2) is 6.41. The van der Waals surface area contributed by atoms with Crippen LogP contribution in [0.2, 0.25) is 0 Å². The van der Waals surface area contributed by atoms with E-state index in [0.717, 1.165) is 53.1 Å². The average Bonchev–Trinajstić information content (AvgIpc) is 3.05. The fraction of sp³-hybridized carbons (Fsp3) is 0.350. The molecule has 0 radical (unpaired) electrons. The van der Waals surface area contributed by atoms with Crippen molar-refractivity contribution in [2.45, 2.75) is 38.6 Å². The van der Waals surface area contributed by atoms with Gasteiger partial charge in [0.05, 0.1) is 17.2 Å². The van der Waals surface area contributed by atoms with Crippen molar-refractivity contribution in [3.05, 3.63) is 47.9 Å². The van der Waals surface area contributed by atoms with E-state index >= 15 is 0 Å². The summed E-state index contributed by atoms with van der Waals surface area (Å²) in [4.78, 5) is 24.2. The second-order valence-electron chi connectivity index (χ2n) is 6.92. The van der Waals surface area contributed by atoms with Crippen LogP contribution in [-0.4, -0.2) is 33.3 Å². The lowest BCUT2D eigenvalue weighted by atomic mass is 9.92. The van der Waals surface area contributed by atoms with E-state index in [1.54, 1.807) is 6.92 Å². The van der Waals surface area contributed by atoms with Gasteiger partial charge in [0.15, 0.2) is 5.78 Å². The Bertz CT molecular complexity index is 913. The molecule has 128 valence electrons. The van der Waals surface area contributed by atoms with Gasteiger partial charge in [-0.2, -0.15) is 0 Å². The summed E-state index contributed by atoms with van der Waals surface area (Å²) in [7, 11) is 0. The number of carbonyl (C=O) groups is 1. The molecule has 0 bridgehead atoms. The molecule has 0 amide bonds. The Kier molecular flexibility index (Phi) is 4.09. The molecular formula is C20H22N4O. The predicted molar refractivity (Wildman–Crippen MR) is 98.8 cm³/mol. The number of hydrogen-bond acceptors (Lipinski definition) is 4. The third-order valence-corrected chi connectivity index (χ3v) is 4.98. The molecule has 1 fully saturated rings. The lowest BCUT2D eigenvalue weighted by Crippen LogP contribution is -2.35. The summed E-state index contributed by atoms with van der Waals surface area (Å²) in [6.45, 7) is 4.81. The van der Waals surface area contributed by atoms with Crippen molar-refractivity contribution < 1.29 is 4.79 Å². The number of H-pyrrole nitrogens is 1. The first-order valence-electron chi connectivity index (χ1n) is 8.80. The van der Waals surface area contributed by atoms with Crippen LogP contribution in [-0.2, 0) is 0 Å². The summed E-state index contributed by atoms with van der Waals surface area (Å²) in [6, 6.07) is 10.2. The van der Waals surface area contributed by atoms with Crippen LogP contribution in [0, 0.1) is 0 Å². The Balaban J connectivity index is 1.65. The maximum absolute atomic E-state index is 11.4. The molecule has 25 heavy (non-hydrogen) atoms. The number of rotatable bonds is 3. The van der Waals surface area contributed by atoms with Gasteiger partial charge in [-0.05, 0) is 44.9 Å². The molecule has 1 aliphatic rings. The monoisotopic (exact) mass is 334 g/mol. The first-order chi connectivity index (χ1) is 12.1. The smallest absolute Gasteiger partial charge is 0.159 e. The van der Waals surface area contributed by atoms with E-state index in [0.29, 0.717) is 12.0 Å². The van der Waals surface area contributed by atoms with Gasteiger partial charge < -0.3 is 10.3 Å². The van der Waals surface area contributed by atoms with E-state index in [4.69, 9.17) is 4.98 Å². The number of ketones is 1. The number of Topliss-reactive ketones (excluding diaryl/α,β-unsaturated/α-hetero) is 1. The topological polar surface area (TPSA) is 70.7 Å². The minimum Gasteiger partial charge on any atom is -0.352 e. The molecule has 3 aromatic rings. The highest BCUT2D eigenvalue weighted by Crippen LogP contribution is 2.28. The second-order valence-corrected chi connectivity index (χ2v) is 6.92. The minimum atomic E-state index is 0.0786.